The van der Waals surface area contributed by atoms with Crippen LogP contribution in [0.25, 0.3) is 0 Å². The first-order valence-corrected chi connectivity index (χ1v) is 9.08. The SMILES string of the molecule is CCS(=O)(=O)C1(S(=O)(=O)CC)CCCCC1. The van der Waals surface area contributed by atoms with Gasteiger partial charge in [-0.2, -0.15) is 0 Å². The molecule has 0 bridgehead atoms. The molecule has 1 fully saturated rings. The lowest BCUT2D eigenvalue weighted by Gasteiger charge is -2.35. The Hall–Kier alpha value is -0.100. The molecule has 1 aliphatic carbocycles. The molecule has 0 aromatic heterocycles. The zero-order valence-electron chi connectivity index (χ0n) is 9.90. The fourth-order valence-electron chi connectivity index (χ4n) is 2.43. The number of hydrogen-bond donors (Lipinski definition) is 0. The van der Waals surface area contributed by atoms with Crippen molar-refractivity contribution < 1.29 is 16.8 Å². The zero-order valence-corrected chi connectivity index (χ0v) is 11.5. The summed E-state index contributed by atoms with van der Waals surface area (Å²) in [7, 11) is -7.08. The zero-order chi connectivity index (χ0) is 12.4. The van der Waals surface area contributed by atoms with Crippen molar-refractivity contribution in [2.75, 3.05) is 11.5 Å². The molecule has 0 N–H and O–H groups in total. The summed E-state index contributed by atoms with van der Waals surface area (Å²) < 4.78 is 46.9. The van der Waals surface area contributed by atoms with E-state index in [1.54, 1.807) is 0 Å². The van der Waals surface area contributed by atoms with Crippen LogP contribution < -0.4 is 0 Å². The molecule has 0 amide bonds. The molecule has 0 aromatic carbocycles. The highest BCUT2D eigenvalue weighted by Crippen LogP contribution is 2.40. The van der Waals surface area contributed by atoms with Gasteiger partial charge in [0.2, 0.25) is 0 Å². The van der Waals surface area contributed by atoms with Crippen LogP contribution in [0.1, 0.15) is 46.0 Å². The Morgan fingerprint density at radius 1 is 0.812 bits per heavy atom. The Morgan fingerprint density at radius 3 is 1.50 bits per heavy atom. The molecule has 0 aromatic rings. The van der Waals surface area contributed by atoms with Gasteiger partial charge < -0.3 is 0 Å². The fraction of sp³-hybridized carbons (Fsp3) is 1.00. The van der Waals surface area contributed by atoms with Crippen molar-refractivity contribution in [3.63, 3.8) is 0 Å². The Morgan fingerprint density at radius 2 is 1.19 bits per heavy atom. The van der Waals surface area contributed by atoms with Crippen LogP contribution in [0.15, 0.2) is 0 Å². The van der Waals surface area contributed by atoms with E-state index in [4.69, 9.17) is 0 Å². The maximum absolute atomic E-state index is 12.1. The van der Waals surface area contributed by atoms with Crippen LogP contribution >= 0.6 is 0 Å². The van der Waals surface area contributed by atoms with Gasteiger partial charge in [0.05, 0.1) is 0 Å². The molecule has 1 rings (SSSR count). The summed E-state index contributed by atoms with van der Waals surface area (Å²) in [6.07, 6.45) is 2.87. The lowest BCUT2D eigenvalue weighted by molar-refractivity contribution is 0.436. The van der Waals surface area contributed by atoms with Gasteiger partial charge in [0, 0.05) is 11.5 Å². The highest BCUT2D eigenvalue weighted by molar-refractivity contribution is 8.10. The summed E-state index contributed by atoms with van der Waals surface area (Å²) in [5.74, 6) is -0.182. The van der Waals surface area contributed by atoms with Crippen molar-refractivity contribution in [1.82, 2.24) is 0 Å². The van der Waals surface area contributed by atoms with Gasteiger partial charge in [-0.3, -0.25) is 0 Å². The van der Waals surface area contributed by atoms with Crippen LogP contribution in [0.4, 0.5) is 0 Å². The van der Waals surface area contributed by atoms with Gasteiger partial charge in [-0.1, -0.05) is 33.1 Å². The van der Waals surface area contributed by atoms with E-state index < -0.39 is 23.8 Å². The predicted molar refractivity (Wildman–Crippen MR) is 64.7 cm³/mol. The highest BCUT2D eigenvalue weighted by atomic mass is 32.3. The fourth-order valence-corrected chi connectivity index (χ4v) is 7.56. The quantitative estimate of drug-likeness (QED) is 0.775. The van der Waals surface area contributed by atoms with Crippen LogP contribution in [0, 0.1) is 0 Å². The summed E-state index contributed by atoms with van der Waals surface area (Å²) in [4.78, 5) is 0. The first-order valence-electron chi connectivity index (χ1n) is 5.77. The minimum Gasteiger partial charge on any atom is -0.227 e. The predicted octanol–water partition coefficient (Wildman–Crippen LogP) is 1.52. The minimum atomic E-state index is -3.54. The van der Waals surface area contributed by atoms with Crippen molar-refractivity contribution in [3.8, 4) is 0 Å². The van der Waals surface area contributed by atoms with Crippen LogP contribution in [0.2, 0.25) is 0 Å². The molecule has 0 radical (unpaired) electrons. The lowest BCUT2D eigenvalue weighted by atomic mass is 10.00. The summed E-state index contributed by atoms with van der Waals surface area (Å²) in [5, 5.41) is 0. The van der Waals surface area contributed by atoms with E-state index in [1.807, 2.05) is 0 Å². The van der Waals surface area contributed by atoms with Crippen LogP contribution in [-0.4, -0.2) is 32.4 Å². The summed E-state index contributed by atoms with van der Waals surface area (Å²) in [5.41, 5.74) is 0. The third kappa shape index (κ3) is 2.01. The molecular weight excluding hydrogens is 248 g/mol. The van der Waals surface area contributed by atoms with Gasteiger partial charge in [-0.05, 0) is 12.8 Å². The average molecular weight is 268 g/mol. The molecule has 0 unspecified atom stereocenters. The van der Waals surface area contributed by atoms with Crippen molar-refractivity contribution in [2.24, 2.45) is 0 Å². The van der Waals surface area contributed by atoms with Crippen molar-refractivity contribution >= 4 is 19.7 Å². The molecule has 0 aliphatic heterocycles. The molecule has 0 atom stereocenters. The molecular formula is C10H20O4S2. The third-order valence-electron chi connectivity index (χ3n) is 3.51. The van der Waals surface area contributed by atoms with E-state index in [1.165, 1.54) is 13.8 Å². The number of rotatable bonds is 4. The van der Waals surface area contributed by atoms with Gasteiger partial charge in [0.25, 0.3) is 0 Å². The van der Waals surface area contributed by atoms with Gasteiger partial charge >= 0.3 is 0 Å². The highest BCUT2D eigenvalue weighted by Gasteiger charge is 2.52. The third-order valence-corrected chi connectivity index (χ3v) is 9.64. The average Bonchev–Trinajstić information content (AvgIpc) is 2.29. The van der Waals surface area contributed by atoms with E-state index in [9.17, 15) is 16.8 Å². The second-order valence-electron chi connectivity index (χ2n) is 4.28. The topological polar surface area (TPSA) is 68.3 Å². The van der Waals surface area contributed by atoms with E-state index in [2.05, 4.69) is 0 Å². The van der Waals surface area contributed by atoms with Crippen LogP contribution in [-0.2, 0) is 19.7 Å². The molecule has 0 spiro atoms. The lowest BCUT2D eigenvalue weighted by Crippen LogP contribution is -2.49. The first kappa shape index (κ1) is 14.0. The van der Waals surface area contributed by atoms with E-state index in [0.29, 0.717) is 12.8 Å². The molecule has 1 aliphatic rings. The summed E-state index contributed by atoms with van der Waals surface area (Å²) >= 11 is 0. The molecule has 0 heterocycles. The van der Waals surface area contributed by atoms with E-state index in [-0.39, 0.29) is 24.3 Å². The maximum Gasteiger partial charge on any atom is 0.173 e. The second kappa shape index (κ2) is 4.64. The summed E-state index contributed by atoms with van der Waals surface area (Å²) in [6, 6.07) is 0. The molecule has 0 saturated heterocycles. The smallest absolute Gasteiger partial charge is 0.173 e. The summed E-state index contributed by atoms with van der Waals surface area (Å²) in [6.45, 7) is 3.05. The van der Waals surface area contributed by atoms with E-state index in [0.717, 1.165) is 6.42 Å². The van der Waals surface area contributed by atoms with Gasteiger partial charge in [-0.15, -0.1) is 0 Å². The molecule has 16 heavy (non-hydrogen) atoms. The first-order chi connectivity index (χ1) is 7.33. The Labute approximate surface area is 98.3 Å². The van der Waals surface area contributed by atoms with E-state index >= 15 is 0 Å². The maximum atomic E-state index is 12.1. The van der Waals surface area contributed by atoms with Gasteiger partial charge in [-0.25, -0.2) is 16.8 Å². The van der Waals surface area contributed by atoms with Gasteiger partial charge in [0.15, 0.2) is 23.8 Å². The van der Waals surface area contributed by atoms with Gasteiger partial charge in [0.1, 0.15) is 0 Å². The standard InChI is InChI=1S/C10H20O4S2/c1-3-15(11,12)10(16(13,14)4-2)8-6-5-7-9-10/h3-9H2,1-2H3. The van der Waals surface area contributed by atoms with Crippen molar-refractivity contribution in [1.29, 1.82) is 0 Å². The van der Waals surface area contributed by atoms with Crippen molar-refractivity contribution in [2.45, 2.75) is 50.0 Å². The number of hydrogen-bond acceptors (Lipinski definition) is 4. The van der Waals surface area contributed by atoms with Crippen LogP contribution in [0.3, 0.4) is 0 Å². The second-order valence-corrected chi connectivity index (χ2v) is 9.71. The molecule has 96 valence electrons. The molecule has 1 saturated carbocycles. The largest absolute Gasteiger partial charge is 0.227 e. The monoisotopic (exact) mass is 268 g/mol. The Bertz CT molecular complexity index is 391. The van der Waals surface area contributed by atoms with Crippen molar-refractivity contribution in [3.05, 3.63) is 0 Å². The molecule has 4 nitrogen and oxygen atoms in total. The molecule has 6 heteroatoms. The Kier molecular flexibility index (Phi) is 4.05. The van der Waals surface area contributed by atoms with Crippen LogP contribution in [0.5, 0.6) is 0 Å². The minimum absolute atomic E-state index is 0.0910. The Balaban J connectivity index is 3.34. The normalized spacial score (nSPS) is 21.9. The number of sulfone groups is 2.